The minimum Gasteiger partial charge on any atom is -0.492 e. The number of carbonyl (C=O) groups excluding carboxylic acids is 1. The highest BCUT2D eigenvalue weighted by Crippen LogP contribution is 2.38. The van der Waals surface area contributed by atoms with Crippen molar-refractivity contribution in [2.75, 3.05) is 26.0 Å². The van der Waals surface area contributed by atoms with E-state index in [1.54, 1.807) is 24.3 Å². The number of aliphatic hydroxyl groups is 1. The van der Waals surface area contributed by atoms with E-state index in [0.717, 1.165) is 53.5 Å². The van der Waals surface area contributed by atoms with Crippen LogP contribution in [0.2, 0.25) is 0 Å². The summed E-state index contributed by atoms with van der Waals surface area (Å²) in [6, 6.07) is 17.8. The Kier molecular flexibility index (Phi) is 9.99. The van der Waals surface area contributed by atoms with E-state index < -0.39 is 33.1 Å². The summed E-state index contributed by atoms with van der Waals surface area (Å²) in [6.07, 6.45) is 2.47. The second-order valence-electron chi connectivity index (χ2n) is 10.5. The van der Waals surface area contributed by atoms with Gasteiger partial charge in [-0.25, -0.2) is 17.9 Å². The number of aliphatic hydroxyl groups excluding tert-OH is 1. The van der Waals surface area contributed by atoms with Crippen LogP contribution < -0.4 is 9.46 Å². The number of rotatable bonds is 12. The minimum atomic E-state index is -3.70. The third kappa shape index (κ3) is 8.52. The van der Waals surface area contributed by atoms with Crippen LogP contribution in [0.1, 0.15) is 59.2 Å². The maximum atomic E-state index is 12.7. The van der Waals surface area contributed by atoms with Crippen molar-refractivity contribution in [2.24, 2.45) is 0 Å². The Morgan fingerprint density at radius 2 is 1.67 bits per heavy atom. The lowest BCUT2D eigenvalue weighted by Crippen LogP contribution is -2.36. The van der Waals surface area contributed by atoms with Crippen LogP contribution in [0.5, 0.6) is 5.75 Å². The molecule has 1 fully saturated rings. The third-order valence-electron chi connectivity index (χ3n) is 7.34. The van der Waals surface area contributed by atoms with E-state index in [-0.39, 0.29) is 31.3 Å². The van der Waals surface area contributed by atoms with Crippen LogP contribution in [0.15, 0.2) is 66.7 Å². The molecule has 43 heavy (non-hydrogen) atoms. The normalized spacial score (nSPS) is 14.2. The molecule has 0 radical (unpaired) electrons. The zero-order valence-electron chi connectivity index (χ0n) is 23.5. The summed E-state index contributed by atoms with van der Waals surface area (Å²) in [5.74, 6) is 0.0273. The van der Waals surface area contributed by atoms with Gasteiger partial charge in [-0.3, -0.25) is 14.9 Å². The molecule has 13 heteroatoms. The third-order valence-corrected chi connectivity index (χ3v) is 7.90. The van der Waals surface area contributed by atoms with E-state index in [2.05, 4.69) is 4.72 Å². The van der Waals surface area contributed by atoms with Gasteiger partial charge in [0.2, 0.25) is 10.0 Å². The first-order chi connectivity index (χ1) is 20.4. The zero-order chi connectivity index (χ0) is 31.1. The van der Waals surface area contributed by atoms with Crippen LogP contribution in [-0.4, -0.2) is 66.4 Å². The summed E-state index contributed by atoms with van der Waals surface area (Å²) in [5.41, 5.74) is 3.12. The van der Waals surface area contributed by atoms with Gasteiger partial charge in [0.1, 0.15) is 12.4 Å². The number of carbonyl (C=O) groups is 2. The largest absolute Gasteiger partial charge is 0.492 e. The molecule has 0 saturated heterocycles. The molecule has 4 rings (SSSR count). The van der Waals surface area contributed by atoms with Crippen molar-refractivity contribution in [2.45, 2.75) is 37.7 Å². The van der Waals surface area contributed by atoms with Crippen molar-refractivity contribution < 1.29 is 37.9 Å². The molecule has 1 atom stereocenters. The maximum Gasteiger partial charge on any atom is 0.407 e. The molecule has 0 bridgehead atoms. The fraction of sp³-hybridized carbons (Fsp3) is 0.333. The Morgan fingerprint density at radius 1 is 1.05 bits per heavy atom. The Morgan fingerprint density at radius 3 is 2.26 bits per heavy atom. The SMILES string of the molecule is CS(=O)(=O)NC(=O)c1ccc(-c2ccc(OCCN(C[C@H](O)c3ccc([N+](=O)[O-])cc3)C(=O)O)cc2)cc1C1CCCC1. The van der Waals surface area contributed by atoms with Gasteiger partial charge in [0, 0.05) is 17.7 Å². The molecule has 1 aliphatic rings. The van der Waals surface area contributed by atoms with Crippen LogP contribution in [0.25, 0.3) is 11.1 Å². The molecular weight excluding hydrogens is 578 g/mol. The molecule has 3 aromatic rings. The maximum absolute atomic E-state index is 12.7. The van der Waals surface area contributed by atoms with E-state index >= 15 is 0 Å². The summed E-state index contributed by atoms with van der Waals surface area (Å²) in [4.78, 5) is 35.7. The van der Waals surface area contributed by atoms with Crippen LogP contribution in [-0.2, 0) is 10.0 Å². The molecule has 3 aromatic carbocycles. The van der Waals surface area contributed by atoms with Crippen molar-refractivity contribution in [3.8, 4) is 16.9 Å². The monoisotopic (exact) mass is 611 g/mol. The Bertz CT molecular complexity index is 1570. The van der Waals surface area contributed by atoms with Crippen LogP contribution >= 0.6 is 0 Å². The van der Waals surface area contributed by atoms with E-state index in [9.17, 15) is 38.3 Å². The number of hydrogen-bond donors (Lipinski definition) is 3. The van der Waals surface area contributed by atoms with E-state index in [1.165, 1.54) is 24.3 Å². The standard InChI is InChI=1S/C30H33N3O9S/c1-43(40,41)31-29(35)26-15-10-23(18-27(26)21-4-2-3-5-21)20-8-13-25(14-9-20)42-17-16-32(30(36)37)19-28(34)22-6-11-24(12-7-22)33(38)39/h6-15,18,21,28,34H,2-5,16-17,19H2,1H3,(H,31,35)(H,36,37)/t28-/m0/s1. The Hall–Kier alpha value is -4.49. The second-order valence-corrected chi connectivity index (χ2v) is 12.2. The first-order valence-corrected chi connectivity index (χ1v) is 15.6. The molecule has 0 spiro atoms. The lowest BCUT2D eigenvalue weighted by molar-refractivity contribution is -0.384. The Balaban J connectivity index is 1.39. The number of nitro groups is 1. The van der Waals surface area contributed by atoms with Gasteiger partial charge in [0.05, 0.1) is 30.4 Å². The number of non-ortho nitro benzene ring substituents is 1. The van der Waals surface area contributed by atoms with Crippen molar-refractivity contribution in [3.63, 3.8) is 0 Å². The number of hydrogen-bond acceptors (Lipinski definition) is 8. The zero-order valence-corrected chi connectivity index (χ0v) is 24.3. The number of ether oxygens (including phenoxy) is 1. The predicted molar refractivity (Wildman–Crippen MR) is 159 cm³/mol. The van der Waals surface area contributed by atoms with Crippen LogP contribution in [0, 0.1) is 10.1 Å². The number of nitrogens with one attached hydrogen (secondary N) is 1. The van der Waals surface area contributed by atoms with E-state index in [0.29, 0.717) is 16.9 Å². The highest BCUT2D eigenvalue weighted by Gasteiger charge is 2.25. The van der Waals surface area contributed by atoms with Crippen molar-refractivity contribution in [1.82, 2.24) is 9.62 Å². The molecule has 12 nitrogen and oxygen atoms in total. The van der Waals surface area contributed by atoms with Gasteiger partial charge >= 0.3 is 6.09 Å². The molecule has 0 heterocycles. The first kappa shape index (κ1) is 31.4. The number of nitro benzene ring substituents is 1. The molecule has 0 aliphatic heterocycles. The number of carboxylic acid groups (broad SMARTS) is 1. The van der Waals surface area contributed by atoms with Gasteiger partial charge in [0.15, 0.2) is 0 Å². The highest BCUT2D eigenvalue weighted by atomic mass is 32.2. The molecule has 2 amide bonds. The summed E-state index contributed by atoms with van der Waals surface area (Å²) in [5, 5.41) is 30.8. The summed E-state index contributed by atoms with van der Waals surface area (Å²) in [7, 11) is -3.70. The van der Waals surface area contributed by atoms with Gasteiger partial charge in [-0.15, -0.1) is 0 Å². The van der Waals surface area contributed by atoms with Gasteiger partial charge < -0.3 is 19.8 Å². The molecular formula is C30H33N3O9S. The van der Waals surface area contributed by atoms with Crippen molar-refractivity contribution >= 4 is 27.7 Å². The lowest BCUT2D eigenvalue weighted by atomic mass is 9.89. The molecule has 1 aliphatic carbocycles. The van der Waals surface area contributed by atoms with Crippen molar-refractivity contribution in [1.29, 1.82) is 0 Å². The minimum absolute atomic E-state index is 0.0224. The molecule has 0 unspecified atom stereocenters. The van der Waals surface area contributed by atoms with Crippen LogP contribution in [0.3, 0.4) is 0 Å². The summed E-state index contributed by atoms with van der Waals surface area (Å²) < 4.78 is 31.1. The van der Waals surface area contributed by atoms with Crippen molar-refractivity contribution in [3.05, 3.63) is 93.5 Å². The van der Waals surface area contributed by atoms with E-state index in [4.69, 9.17) is 4.74 Å². The highest BCUT2D eigenvalue weighted by molar-refractivity contribution is 7.89. The quantitative estimate of drug-likeness (QED) is 0.193. The Labute approximate surface area is 249 Å². The number of benzene rings is 3. The fourth-order valence-corrected chi connectivity index (χ4v) is 5.61. The summed E-state index contributed by atoms with van der Waals surface area (Å²) in [6.45, 7) is -0.242. The molecule has 0 aromatic heterocycles. The molecule has 228 valence electrons. The number of sulfonamides is 1. The summed E-state index contributed by atoms with van der Waals surface area (Å²) >= 11 is 0. The molecule has 1 saturated carbocycles. The fourth-order valence-electron chi connectivity index (χ4n) is 5.16. The van der Waals surface area contributed by atoms with Gasteiger partial charge in [-0.1, -0.05) is 37.1 Å². The average Bonchev–Trinajstić information content (AvgIpc) is 3.51. The van der Waals surface area contributed by atoms with Gasteiger partial charge in [-0.2, -0.15) is 0 Å². The average molecular weight is 612 g/mol. The number of nitrogens with zero attached hydrogens (tertiary/aromatic N) is 2. The van der Waals surface area contributed by atoms with E-state index in [1.807, 2.05) is 18.2 Å². The second kappa shape index (κ2) is 13.7. The number of amides is 2. The smallest absolute Gasteiger partial charge is 0.407 e. The molecule has 3 N–H and O–H groups in total. The topological polar surface area (TPSA) is 176 Å². The lowest BCUT2D eigenvalue weighted by Gasteiger charge is -2.22. The predicted octanol–water partition coefficient (Wildman–Crippen LogP) is 4.70. The van der Waals surface area contributed by atoms with Crippen LogP contribution in [0.4, 0.5) is 10.5 Å². The first-order valence-electron chi connectivity index (χ1n) is 13.7. The van der Waals surface area contributed by atoms with Gasteiger partial charge in [0.25, 0.3) is 11.6 Å². The van der Waals surface area contributed by atoms with Gasteiger partial charge in [-0.05, 0) is 71.3 Å².